The van der Waals surface area contributed by atoms with E-state index < -0.39 is 0 Å². The van der Waals surface area contributed by atoms with Gasteiger partial charge < -0.3 is 15.0 Å². The molecule has 4 rings (SSSR count). The van der Waals surface area contributed by atoms with E-state index in [0.29, 0.717) is 12.2 Å². The molecule has 1 saturated heterocycles. The van der Waals surface area contributed by atoms with Crippen LogP contribution in [0.4, 0.5) is 11.4 Å². The Morgan fingerprint density at radius 3 is 2.71 bits per heavy atom. The Labute approximate surface area is 192 Å². The molecule has 3 aromatic rings. The summed E-state index contributed by atoms with van der Waals surface area (Å²) in [5.74, 6) is 2.82. The fourth-order valence-corrected chi connectivity index (χ4v) is 5.51. The highest BCUT2D eigenvalue weighted by Gasteiger charge is 2.16. The van der Waals surface area contributed by atoms with E-state index in [-0.39, 0.29) is 0 Å². The smallest absolute Gasteiger partial charge is 0.298 e. The number of ether oxygens (including phenoxy) is 1. The number of thioether (sulfide) groups is 1. The number of nitrogens with one attached hydrogen (secondary N) is 1. The fourth-order valence-electron chi connectivity index (χ4n) is 3.90. The summed E-state index contributed by atoms with van der Waals surface area (Å²) in [6.45, 7) is 5.39. The van der Waals surface area contributed by atoms with Crippen LogP contribution in [0.3, 0.4) is 0 Å². The number of rotatable bonds is 9. The Hall–Kier alpha value is -2.44. The molecule has 2 heterocycles. The molecule has 2 aromatic carbocycles. The van der Waals surface area contributed by atoms with Gasteiger partial charge in [0.05, 0.1) is 5.69 Å². The molecule has 1 fully saturated rings. The Kier molecular flexibility index (Phi) is 7.54. The summed E-state index contributed by atoms with van der Waals surface area (Å²) < 4.78 is 5.31. The van der Waals surface area contributed by atoms with Crippen molar-refractivity contribution in [2.45, 2.75) is 26.3 Å². The van der Waals surface area contributed by atoms with Gasteiger partial charge in [-0.1, -0.05) is 24.3 Å². The third-order valence-corrected chi connectivity index (χ3v) is 7.49. The number of aryl methyl sites for hydroxylation is 3. The second kappa shape index (κ2) is 10.7. The zero-order valence-corrected chi connectivity index (χ0v) is 19.4. The summed E-state index contributed by atoms with van der Waals surface area (Å²) in [5, 5.41) is 5.61. The molecule has 0 bridgehead atoms. The van der Waals surface area contributed by atoms with Crippen LogP contribution >= 0.6 is 23.1 Å². The standard InChI is InChI=1S/C25H28N2O2S2/c1-19-15-20(4-5-21(19)6-8-23-3-2-12-31-23)17-26-22-7-9-24(25(16-22)29-18-28)27-10-13-30-14-11-27/h2-5,7,9,12,15-16,18,26H,6,8,10-11,13-14,17H2,1H3. The first-order valence-corrected chi connectivity index (χ1v) is 12.7. The van der Waals surface area contributed by atoms with Crippen LogP contribution in [0.5, 0.6) is 5.75 Å². The molecule has 1 aliphatic heterocycles. The van der Waals surface area contributed by atoms with Gasteiger partial charge in [0, 0.05) is 47.8 Å². The van der Waals surface area contributed by atoms with Crippen molar-refractivity contribution in [3.63, 3.8) is 0 Å². The van der Waals surface area contributed by atoms with E-state index >= 15 is 0 Å². The number of hydrogen-bond donors (Lipinski definition) is 1. The summed E-state index contributed by atoms with van der Waals surface area (Å²) in [6, 6.07) is 17.1. The number of hydrogen-bond acceptors (Lipinski definition) is 6. The molecule has 31 heavy (non-hydrogen) atoms. The van der Waals surface area contributed by atoms with Crippen molar-refractivity contribution in [1.82, 2.24) is 0 Å². The van der Waals surface area contributed by atoms with Crippen molar-refractivity contribution in [2.24, 2.45) is 0 Å². The summed E-state index contributed by atoms with van der Waals surface area (Å²) in [6.07, 6.45) is 2.17. The van der Waals surface area contributed by atoms with E-state index in [1.807, 2.05) is 29.2 Å². The molecule has 0 amide bonds. The molecule has 4 nitrogen and oxygen atoms in total. The summed E-state index contributed by atoms with van der Waals surface area (Å²) in [4.78, 5) is 14.8. The van der Waals surface area contributed by atoms with E-state index in [2.05, 4.69) is 65.0 Å². The van der Waals surface area contributed by atoms with Gasteiger partial charge in [-0.15, -0.1) is 11.3 Å². The molecule has 1 N–H and O–H groups in total. The molecule has 162 valence electrons. The van der Waals surface area contributed by atoms with E-state index in [1.54, 1.807) is 0 Å². The van der Waals surface area contributed by atoms with Crippen molar-refractivity contribution in [3.05, 3.63) is 75.5 Å². The predicted octanol–water partition coefficient (Wildman–Crippen LogP) is 5.54. The lowest BCUT2D eigenvalue weighted by atomic mass is 10.0. The van der Waals surface area contributed by atoms with Crippen LogP contribution in [-0.4, -0.2) is 31.1 Å². The number of nitrogens with zero attached hydrogens (tertiary/aromatic N) is 1. The highest BCUT2D eigenvalue weighted by Crippen LogP contribution is 2.33. The largest absolute Gasteiger partial charge is 0.426 e. The van der Waals surface area contributed by atoms with Gasteiger partial charge in [-0.25, -0.2) is 0 Å². The topological polar surface area (TPSA) is 41.6 Å². The summed E-state index contributed by atoms with van der Waals surface area (Å²) in [7, 11) is 0. The minimum absolute atomic E-state index is 0.513. The summed E-state index contributed by atoms with van der Waals surface area (Å²) >= 11 is 3.79. The molecule has 1 aromatic heterocycles. The van der Waals surface area contributed by atoms with Crippen molar-refractivity contribution in [3.8, 4) is 5.75 Å². The summed E-state index contributed by atoms with van der Waals surface area (Å²) in [5.41, 5.74) is 5.92. The van der Waals surface area contributed by atoms with Crippen LogP contribution in [0, 0.1) is 6.92 Å². The quantitative estimate of drug-likeness (QED) is 0.432. The molecule has 6 heteroatoms. The van der Waals surface area contributed by atoms with Gasteiger partial charge in [0.25, 0.3) is 6.47 Å². The van der Waals surface area contributed by atoms with Crippen LogP contribution in [0.2, 0.25) is 0 Å². The van der Waals surface area contributed by atoms with Gasteiger partial charge in [0.1, 0.15) is 0 Å². The number of anilines is 2. The van der Waals surface area contributed by atoms with Gasteiger partial charge in [0.2, 0.25) is 0 Å². The molecule has 0 radical (unpaired) electrons. The first kappa shape index (κ1) is 21.8. The first-order chi connectivity index (χ1) is 15.2. The minimum Gasteiger partial charge on any atom is -0.426 e. The third kappa shape index (κ3) is 5.83. The fraction of sp³-hybridized carbons (Fsp3) is 0.320. The van der Waals surface area contributed by atoms with Gasteiger partial charge >= 0.3 is 0 Å². The van der Waals surface area contributed by atoms with E-state index in [1.165, 1.54) is 21.6 Å². The molecule has 0 aliphatic carbocycles. The van der Waals surface area contributed by atoms with E-state index in [0.717, 1.165) is 55.4 Å². The van der Waals surface area contributed by atoms with Gasteiger partial charge in [0.15, 0.2) is 5.75 Å². The van der Waals surface area contributed by atoms with Crippen molar-refractivity contribution < 1.29 is 9.53 Å². The van der Waals surface area contributed by atoms with Crippen LogP contribution < -0.4 is 15.0 Å². The predicted molar refractivity (Wildman–Crippen MR) is 133 cm³/mol. The van der Waals surface area contributed by atoms with Crippen LogP contribution in [0.25, 0.3) is 0 Å². The lowest BCUT2D eigenvalue weighted by Gasteiger charge is -2.29. The first-order valence-electron chi connectivity index (χ1n) is 10.6. The zero-order chi connectivity index (χ0) is 21.5. The third-order valence-electron chi connectivity index (χ3n) is 5.61. The van der Waals surface area contributed by atoms with E-state index in [9.17, 15) is 4.79 Å². The second-order valence-electron chi connectivity index (χ2n) is 7.69. The van der Waals surface area contributed by atoms with Crippen molar-refractivity contribution in [1.29, 1.82) is 0 Å². The Morgan fingerprint density at radius 1 is 1.10 bits per heavy atom. The highest BCUT2D eigenvalue weighted by atomic mass is 32.2. The highest BCUT2D eigenvalue weighted by molar-refractivity contribution is 7.99. The number of benzene rings is 2. The Balaban J connectivity index is 1.39. The van der Waals surface area contributed by atoms with Crippen LogP contribution in [0.1, 0.15) is 21.6 Å². The molecule has 0 saturated carbocycles. The number of carbonyl (C=O) groups is 1. The lowest BCUT2D eigenvalue weighted by molar-refractivity contribution is -0.120. The Bertz CT molecular complexity index is 999. The number of thiophene rings is 1. The average molecular weight is 453 g/mol. The van der Waals surface area contributed by atoms with Crippen LogP contribution in [-0.2, 0) is 24.2 Å². The monoisotopic (exact) mass is 452 g/mol. The lowest BCUT2D eigenvalue weighted by Crippen LogP contribution is -2.32. The maximum atomic E-state index is 11.0. The maximum absolute atomic E-state index is 11.0. The van der Waals surface area contributed by atoms with Crippen molar-refractivity contribution in [2.75, 3.05) is 34.8 Å². The Morgan fingerprint density at radius 2 is 1.97 bits per heavy atom. The van der Waals surface area contributed by atoms with E-state index in [4.69, 9.17) is 4.74 Å². The molecular weight excluding hydrogens is 424 g/mol. The average Bonchev–Trinajstić information content (AvgIpc) is 3.32. The van der Waals surface area contributed by atoms with Gasteiger partial charge in [-0.3, -0.25) is 4.79 Å². The normalized spacial score (nSPS) is 13.8. The zero-order valence-electron chi connectivity index (χ0n) is 17.8. The maximum Gasteiger partial charge on any atom is 0.298 e. The van der Waals surface area contributed by atoms with Gasteiger partial charge in [-0.2, -0.15) is 11.8 Å². The van der Waals surface area contributed by atoms with Crippen LogP contribution in [0.15, 0.2) is 53.9 Å². The van der Waals surface area contributed by atoms with Crippen molar-refractivity contribution >= 4 is 40.9 Å². The minimum atomic E-state index is 0.513. The number of carbonyl (C=O) groups excluding carboxylic acids is 1. The second-order valence-corrected chi connectivity index (χ2v) is 9.95. The SMILES string of the molecule is Cc1cc(CNc2ccc(N3CCSCC3)c(OC=O)c2)ccc1CCc1cccs1. The molecule has 1 aliphatic rings. The molecular formula is C25H28N2O2S2. The molecule has 0 spiro atoms. The van der Waals surface area contributed by atoms with Gasteiger partial charge in [-0.05, 0) is 60.0 Å². The molecule has 0 atom stereocenters. The molecule has 0 unspecified atom stereocenters.